The molecule has 188 valence electrons. The summed E-state index contributed by atoms with van der Waals surface area (Å²) in [5.74, 6) is 12.1. The number of anilines is 2. The molecular formula is C31H21N5O3. The molecule has 4 aromatic carbocycles. The van der Waals surface area contributed by atoms with E-state index in [-0.39, 0.29) is 0 Å². The number of aromatic amines is 1. The summed E-state index contributed by atoms with van der Waals surface area (Å²) in [6.07, 6.45) is 0. The van der Waals surface area contributed by atoms with E-state index in [1.807, 2.05) is 24.3 Å². The summed E-state index contributed by atoms with van der Waals surface area (Å²) in [5, 5.41) is 0. The van der Waals surface area contributed by atoms with Crippen molar-refractivity contribution in [2.75, 3.05) is 11.5 Å². The molecule has 0 aliphatic heterocycles. The molecule has 0 unspecified atom stereocenters. The predicted molar refractivity (Wildman–Crippen MR) is 152 cm³/mol. The number of aromatic nitrogens is 3. The van der Waals surface area contributed by atoms with Crippen molar-refractivity contribution in [1.29, 1.82) is 0 Å². The zero-order chi connectivity index (χ0) is 27.4. The van der Waals surface area contributed by atoms with Crippen molar-refractivity contribution < 1.29 is 0 Å². The van der Waals surface area contributed by atoms with Gasteiger partial charge in [0.1, 0.15) is 0 Å². The molecule has 5 rings (SSSR count). The second-order valence-corrected chi connectivity index (χ2v) is 8.53. The third-order valence-electron chi connectivity index (χ3n) is 5.78. The molecule has 39 heavy (non-hydrogen) atoms. The highest BCUT2D eigenvalue weighted by Crippen LogP contribution is 2.09. The molecule has 1 heterocycles. The predicted octanol–water partition coefficient (Wildman–Crippen LogP) is 2.64. The van der Waals surface area contributed by atoms with Crippen molar-refractivity contribution in [3.8, 4) is 35.1 Å². The van der Waals surface area contributed by atoms with Gasteiger partial charge in [0.2, 0.25) is 0 Å². The van der Waals surface area contributed by atoms with Crippen LogP contribution in [-0.4, -0.2) is 14.1 Å². The van der Waals surface area contributed by atoms with E-state index in [1.54, 1.807) is 72.8 Å². The van der Waals surface area contributed by atoms with Gasteiger partial charge in [-0.15, -0.1) is 0 Å². The van der Waals surface area contributed by atoms with E-state index >= 15 is 0 Å². The van der Waals surface area contributed by atoms with Crippen LogP contribution in [-0.2, 0) is 0 Å². The van der Waals surface area contributed by atoms with Gasteiger partial charge in [0.05, 0.1) is 11.4 Å². The lowest BCUT2D eigenvalue weighted by Crippen LogP contribution is -2.48. The van der Waals surface area contributed by atoms with Gasteiger partial charge in [-0.25, -0.2) is 23.5 Å². The molecular weight excluding hydrogens is 490 g/mol. The topological polar surface area (TPSA) is 129 Å². The maximum Gasteiger partial charge on any atom is 0.345 e. The molecule has 8 nitrogen and oxygen atoms in total. The van der Waals surface area contributed by atoms with Gasteiger partial charge < -0.3 is 11.5 Å². The average molecular weight is 512 g/mol. The lowest BCUT2D eigenvalue weighted by atomic mass is 10.1. The van der Waals surface area contributed by atoms with Crippen LogP contribution in [0.25, 0.3) is 11.4 Å². The first-order chi connectivity index (χ1) is 18.9. The van der Waals surface area contributed by atoms with Gasteiger partial charge >= 0.3 is 17.1 Å². The molecule has 0 radical (unpaired) electrons. The molecule has 8 heteroatoms. The third-order valence-corrected chi connectivity index (χ3v) is 5.78. The number of nitrogens with one attached hydrogen (secondary N) is 1. The van der Waals surface area contributed by atoms with Crippen LogP contribution in [0, 0.1) is 23.7 Å². The molecule has 0 aliphatic carbocycles. The maximum atomic E-state index is 13.3. The highest BCUT2D eigenvalue weighted by molar-refractivity contribution is 5.50. The molecule has 5 N–H and O–H groups in total. The zero-order valence-corrected chi connectivity index (χ0v) is 20.5. The van der Waals surface area contributed by atoms with E-state index in [2.05, 4.69) is 28.7 Å². The van der Waals surface area contributed by atoms with Gasteiger partial charge in [-0.05, 0) is 97.1 Å². The summed E-state index contributed by atoms with van der Waals surface area (Å²) < 4.78 is 1.79. The second-order valence-electron chi connectivity index (χ2n) is 8.53. The Bertz CT molecular complexity index is 1820. The first kappa shape index (κ1) is 24.7. The summed E-state index contributed by atoms with van der Waals surface area (Å²) in [5.41, 5.74) is 13.8. The first-order valence-corrected chi connectivity index (χ1v) is 11.8. The van der Waals surface area contributed by atoms with Gasteiger partial charge in [-0.2, -0.15) is 0 Å². The van der Waals surface area contributed by atoms with Gasteiger partial charge in [-0.1, -0.05) is 23.7 Å². The van der Waals surface area contributed by atoms with Gasteiger partial charge in [0.25, 0.3) is 0 Å². The Morgan fingerprint density at radius 1 is 0.462 bits per heavy atom. The molecule has 1 aromatic heterocycles. The SMILES string of the molecule is Nc1ccc(C#Cc2ccc(-n3c(=O)[nH]c(=O)n(-c4ccc(C#Cc5ccc(N)cc5)cc4)c3=O)cc2)cc1. The summed E-state index contributed by atoms with van der Waals surface area (Å²) in [6, 6.07) is 27.5. The minimum atomic E-state index is -0.840. The lowest BCUT2D eigenvalue weighted by Gasteiger charge is -2.09. The normalized spacial score (nSPS) is 10.2. The molecule has 0 atom stereocenters. The fourth-order valence-electron chi connectivity index (χ4n) is 3.74. The Hall–Kier alpha value is -5.99. The Morgan fingerprint density at radius 3 is 1.05 bits per heavy atom. The minimum Gasteiger partial charge on any atom is -0.399 e. The summed E-state index contributed by atoms with van der Waals surface area (Å²) >= 11 is 0. The Morgan fingerprint density at radius 2 is 0.744 bits per heavy atom. The molecule has 0 spiro atoms. The number of H-pyrrole nitrogens is 1. The number of nitrogens with two attached hydrogens (primary N) is 2. The van der Waals surface area contributed by atoms with Crippen LogP contribution in [0.2, 0.25) is 0 Å². The lowest BCUT2D eigenvalue weighted by molar-refractivity contribution is 0.714. The number of rotatable bonds is 2. The Balaban J connectivity index is 1.44. The largest absolute Gasteiger partial charge is 0.399 e. The van der Waals surface area contributed by atoms with Crippen LogP contribution < -0.4 is 28.5 Å². The van der Waals surface area contributed by atoms with Gasteiger partial charge in [0, 0.05) is 33.6 Å². The molecule has 0 fully saturated rings. The van der Waals surface area contributed by atoms with E-state index in [0.717, 1.165) is 20.3 Å². The van der Waals surface area contributed by atoms with E-state index in [1.165, 1.54) is 0 Å². The molecule has 0 saturated carbocycles. The Labute approximate surface area is 222 Å². The van der Waals surface area contributed by atoms with Gasteiger partial charge in [0.15, 0.2) is 0 Å². The summed E-state index contributed by atoms with van der Waals surface area (Å²) in [7, 11) is 0. The van der Waals surface area contributed by atoms with Crippen LogP contribution in [0.1, 0.15) is 22.3 Å². The van der Waals surface area contributed by atoms with E-state index in [4.69, 9.17) is 11.5 Å². The van der Waals surface area contributed by atoms with Crippen molar-refractivity contribution in [2.45, 2.75) is 0 Å². The third kappa shape index (κ3) is 5.56. The van der Waals surface area contributed by atoms with Crippen LogP contribution in [0.15, 0.2) is 111 Å². The van der Waals surface area contributed by atoms with Crippen LogP contribution in [0.4, 0.5) is 11.4 Å². The molecule has 0 amide bonds. The fraction of sp³-hybridized carbons (Fsp3) is 0. The monoisotopic (exact) mass is 511 g/mol. The van der Waals surface area contributed by atoms with E-state index in [9.17, 15) is 14.4 Å². The van der Waals surface area contributed by atoms with Gasteiger partial charge in [-0.3, -0.25) is 4.98 Å². The smallest absolute Gasteiger partial charge is 0.345 e. The zero-order valence-electron chi connectivity index (χ0n) is 20.5. The van der Waals surface area contributed by atoms with E-state index in [0.29, 0.717) is 33.9 Å². The quantitative estimate of drug-likeness (QED) is 0.248. The molecule has 0 aliphatic rings. The number of hydrogen-bond donors (Lipinski definition) is 3. The van der Waals surface area contributed by atoms with Crippen molar-refractivity contribution in [3.63, 3.8) is 0 Å². The summed E-state index contributed by atoms with van der Waals surface area (Å²) in [6.45, 7) is 0. The van der Waals surface area contributed by atoms with Crippen molar-refractivity contribution in [1.82, 2.24) is 14.1 Å². The number of nitrogen functional groups attached to an aromatic ring is 2. The minimum absolute atomic E-state index is 0.291. The van der Waals surface area contributed by atoms with Crippen molar-refractivity contribution >= 4 is 11.4 Å². The van der Waals surface area contributed by atoms with Crippen molar-refractivity contribution in [3.05, 3.63) is 151 Å². The highest BCUT2D eigenvalue weighted by Gasteiger charge is 2.13. The maximum absolute atomic E-state index is 13.3. The number of hydrogen-bond acceptors (Lipinski definition) is 5. The van der Waals surface area contributed by atoms with Crippen LogP contribution in [0.3, 0.4) is 0 Å². The fourth-order valence-corrected chi connectivity index (χ4v) is 3.74. The van der Waals surface area contributed by atoms with Crippen molar-refractivity contribution in [2.24, 2.45) is 0 Å². The number of nitrogens with zero attached hydrogens (tertiary/aromatic N) is 2. The average Bonchev–Trinajstić information content (AvgIpc) is 2.93. The second kappa shape index (κ2) is 10.6. The molecule has 0 bridgehead atoms. The molecule has 5 aromatic rings. The van der Waals surface area contributed by atoms with E-state index < -0.39 is 17.1 Å². The first-order valence-electron chi connectivity index (χ1n) is 11.8. The summed E-state index contributed by atoms with van der Waals surface area (Å²) in [4.78, 5) is 40.7. The Kier molecular flexibility index (Phi) is 6.68. The molecule has 0 saturated heterocycles. The van der Waals surface area contributed by atoms with Crippen LogP contribution in [0.5, 0.6) is 0 Å². The van der Waals surface area contributed by atoms with Crippen LogP contribution >= 0.6 is 0 Å². The standard InChI is InChI=1S/C31H21N5O3/c32-25-13-5-21(6-14-25)1-3-23-9-17-27(18-10-23)35-29(37)34-30(38)36(31(35)39)28-19-11-24(12-20-28)4-2-22-7-15-26(33)16-8-22/h5-20H,32-33H2,(H,34,37,38). The number of benzene rings is 4. The highest BCUT2D eigenvalue weighted by atomic mass is 16.2.